The molecule has 0 unspecified atom stereocenters. The molecule has 0 radical (unpaired) electrons. The lowest BCUT2D eigenvalue weighted by atomic mass is 10.1. The zero-order chi connectivity index (χ0) is 13.5. The second-order valence-corrected chi connectivity index (χ2v) is 4.71. The monoisotopic (exact) mass is 266 g/mol. The third kappa shape index (κ3) is 3.96. The van der Waals surface area contributed by atoms with Gasteiger partial charge in [0.1, 0.15) is 10.7 Å². The van der Waals surface area contributed by atoms with Crippen molar-refractivity contribution < 1.29 is 4.74 Å². The van der Waals surface area contributed by atoms with Gasteiger partial charge < -0.3 is 10.5 Å². The lowest BCUT2D eigenvalue weighted by molar-refractivity contribution is 0.280. The number of nitrogens with zero attached hydrogens (tertiary/aromatic N) is 1. The summed E-state index contributed by atoms with van der Waals surface area (Å²) < 4.78 is 5.26. The van der Waals surface area contributed by atoms with Gasteiger partial charge >= 0.3 is 0 Å². The lowest BCUT2D eigenvalue weighted by Crippen LogP contribution is -2.23. The second-order valence-electron chi connectivity index (χ2n) is 4.27. The van der Waals surface area contributed by atoms with Crippen LogP contribution >= 0.6 is 12.2 Å². The Bertz CT molecular complexity index is 407. The first-order valence-electron chi connectivity index (χ1n) is 6.31. The van der Waals surface area contributed by atoms with E-state index in [1.165, 1.54) is 5.56 Å². The molecule has 0 aliphatic heterocycles. The highest BCUT2D eigenvalue weighted by molar-refractivity contribution is 7.80. The zero-order valence-corrected chi connectivity index (χ0v) is 12.2. The van der Waals surface area contributed by atoms with E-state index in [9.17, 15) is 0 Å². The molecule has 0 fully saturated rings. The Morgan fingerprint density at radius 2 is 2.11 bits per heavy atom. The Balaban J connectivity index is 2.90. The van der Waals surface area contributed by atoms with Crippen molar-refractivity contribution in [3.63, 3.8) is 0 Å². The van der Waals surface area contributed by atoms with Gasteiger partial charge in [0.2, 0.25) is 0 Å². The van der Waals surface area contributed by atoms with E-state index in [0.29, 0.717) is 4.99 Å². The fraction of sp³-hybridized carbons (Fsp3) is 0.500. The number of nitrogens with two attached hydrogens (primary N) is 1. The van der Waals surface area contributed by atoms with E-state index in [4.69, 9.17) is 22.7 Å². The van der Waals surface area contributed by atoms with Crippen molar-refractivity contribution in [2.24, 2.45) is 5.73 Å². The molecule has 100 valence electrons. The van der Waals surface area contributed by atoms with E-state index in [1.54, 1.807) is 7.11 Å². The van der Waals surface area contributed by atoms with Crippen LogP contribution < -0.4 is 10.5 Å². The van der Waals surface area contributed by atoms with Crippen LogP contribution in [0.4, 0.5) is 0 Å². The Morgan fingerprint density at radius 3 is 2.61 bits per heavy atom. The highest BCUT2D eigenvalue weighted by atomic mass is 32.1. The van der Waals surface area contributed by atoms with Gasteiger partial charge in [-0.1, -0.05) is 32.1 Å². The first-order valence-corrected chi connectivity index (χ1v) is 6.72. The molecule has 0 atom stereocenters. The van der Waals surface area contributed by atoms with E-state index in [1.807, 2.05) is 12.1 Å². The summed E-state index contributed by atoms with van der Waals surface area (Å²) in [5, 5.41) is 0. The SMILES string of the molecule is CCCN(CC)Cc1ccc(OC)c(C(N)=S)c1. The van der Waals surface area contributed by atoms with E-state index in [2.05, 4.69) is 24.8 Å². The second kappa shape index (κ2) is 7.34. The first-order chi connectivity index (χ1) is 8.62. The molecular weight excluding hydrogens is 244 g/mol. The van der Waals surface area contributed by atoms with Crippen molar-refractivity contribution in [3.8, 4) is 5.75 Å². The van der Waals surface area contributed by atoms with Crippen molar-refractivity contribution in [3.05, 3.63) is 29.3 Å². The maximum absolute atomic E-state index is 5.72. The van der Waals surface area contributed by atoms with Crippen LogP contribution in [0.5, 0.6) is 5.75 Å². The quantitative estimate of drug-likeness (QED) is 0.770. The highest BCUT2D eigenvalue weighted by Gasteiger charge is 2.09. The topological polar surface area (TPSA) is 38.5 Å². The van der Waals surface area contributed by atoms with Gasteiger partial charge in [0.15, 0.2) is 0 Å². The average molecular weight is 266 g/mol. The zero-order valence-electron chi connectivity index (χ0n) is 11.4. The van der Waals surface area contributed by atoms with Crippen molar-refractivity contribution in [2.45, 2.75) is 26.8 Å². The molecule has 0 amide bonds. The summed E-state index contributed by atoms with van der Waals surface area (Å²) in [4.78, 5) is 2.78. The van der Waals surface area contributed by atoms with Crippen molar-refractivity contribution in [1.29, 1.82) is 0 Å². The smallest absolute Gasteiger partial charge is 0.129 e. The normalized spacial score (nSPS) is 10.7. The summed E-state index contributed by atoms with van der Waals surface area (Å²) in [7, 11) is 1.63. The van der Waals surface area contributed by atoms with Crippen molar-refractivity contribution in [1.82, 2.24) is 4.90 Å². The molecule has 4 heteroatoms. The van der Waals surface area contributed by atoms with Crippen molar-refractivity contribution >= 4 is 17.2 Å². The summed E-state index contributed by atoms with van der Waals surface area (Å²) in [5.74, 6) is 0.741. The Morgan fingerprint density at radius 1 is 1.39 bits per heavy atom. The molecule has 0 bridgehead atoms. The van der Waals surface area contributed by atoms with Gasteiger partial charge in [-0.3, -0.25) is 4.90 Å². The molecule has 0 heterocycles. The van der Waals surface area contributed by atoms with Gasteiger partial charge in [0.25, 0.3) is 0 Å². The van der Waals surface area contributed by atoms with Crippen LogP contribution in [0.3, 0.4) is 0 Å². The molecule has 0 aliphatic rings. The molecule has 0 saturated heterocycles. The van der Waals surface area contributed by atoms with Crippen LogP contribution in [-0.2, 0) is 6.54 Å². The first kappa shape index (κ1) is 14.9. The van der Waals surface area contributed by atoms with Gasteiger partial charge in [-0.15, -0.1) is 0 Å². The third-order valence-electron chi connectivity index (χ3n) is 2.92. The standard InChI is InChI=1S/C14H22N2OS/c1-4-8-16(5-2)10-11-6-7-13(17-3)12(9-11)14(15)18/h6-7,9H,4-5,8,10H2,1-3H3,(H2,15,18). The maximum Gasteiger partial charge on any atom is 0.129 e. The molecule has 3 nitrogen and oxygen atoms in total. The molecule has 0 saturated carbocycles. The van der Waals surface area contributed by atoms with Crippen LogP contribution in [0.25, 0.3) is 0 Å². The fourth-order valence-corrected chi connectivity index (χ4v) is 2.13. The minimum absolute atomic E-state index is 0.382. The third-order valence-corrected chi connectivity index (χ3v) is 3.14. The summed E-state index contributed by atoms with van der Waals surface area (Å²) in [6.07, 6.45) is 1.16. The average Bonchev–Trinajstić information content (AvgIpc) is 2.38. The van der Waals surface area contributed by atoms with Gasteiger partial charge in [-0.2, -0.15) is 0 Å². The molecule has 0 aliphatic carbocycles. The minimum Gasteiger partial charge on any atom is -0.496 e. The fourth-order valence-electron chi connectivity index (χ4n) is 1.97. The number of thiocarbonyl (C=S) groups is 1. The number of methoxy groups -OCH3 is 1. The molecule has 18 heavy (non-hydrogen) atoms. The molecule has 0 spiro atoms. The Kier molecular flexibility index (Phi) is 6.09. The number of hydrogen-bond donors (Lipinski definition) is 1. The van der Waals surface area contributed by atoms with Gasteiger partial charge in [0, 0.05) is 6.54 Å². The molecule has 1 aromatic carbocycles. The molecule has 1 aromatic rings. The van der Waals surface area contributed by atoms with Crippen LogP contribution in [-0.4, -0.2) is 30.1 Å². The van der Waals surface area contributed by atoms with E-state index >= 15 is 0 Å². The number of benzene rings is 1. The Labute approximate surface area is 115 Å². The summed E-state index contributed by atoms with van der Waals surface area (Å²) >= 11 is 5.05. The Hall–Kier alpha value is -1.13. The highest BCUT2D eigenvalue weighted by Crippen LogP contribution is 2.20. The van der Waals surface area contributed by atoms with E-state index in [0.717, 1.165) is 37.4 Å². The van der Waals surface area contributed by atoms with Crippen LogP contribution in [0.1, 0.15) is 31.4 Å². The van der Waals surface area contributed by atoms with E-state index < -0.39 is 0 Å². The molecular formula is C14H22N2OS. The van der Waals surface area contributed by atoms with Gasteiger partial charge in [-0.05, 0) is 37.2 Å². The van der Waals surface area contributed by atoms with Crippen LogP contribution in [0.2, 0.25) is 0 Å². The minimum atomic E-state index is 0.382. The number of rotatable bonds is 7. The van der Waals surface area contributed by atoms with Crippen molar-refractivity contribution in [2.75, 3.05) is 20.2 Å². The number of ether oxygens (including phenoxy) is 1. The largest absolute Gasteiger partial charge is 0.496 e. The van der Waals surface area contributed by atoms with E-state index in [-0.39, 0.29) is 0 Å². The molecule has 2 N–H and O–H groups in total. The van der Waals surface area contributed by atoms with Crippen LogP contribution in [0, 0.1) is 0 Å². The predicted octanol–water partition coefficient (Wildman–Crippen LogP) is 2.56. The molecule has 0 aromatic heterocycles. The lowest BCUT2D eigenvalue weighted by Gasteiger charge is -2.20. The van der Waals surface area contributed by atoms with Gasteiger partial charge in [-0.25, -0.2) is 0 Å². The predicted molar refractivity (Wildman–Crippen MR) is 80.1 cm³/mol. The number of hydrogen-bond acceptors (Lipinski definition) is 3. The maximum atomic E-state index is 5.72. The van der Waals surface area contributed by atoms with Gasteiger partial charge in [0.05, 0.1) is 12.7 Å². The summed E-state index contributed by atoms with van der Waals surface area (Å²) in [5.41, 5.74) is 7.75. The summed E-state index contributed by atoms with van der Waals surface area (Å²) in [6.45, 7) is 7.43. The van der Waals surface area contributed by atoms with Crippen LogP contribution in [0.15, 0.2) is 18.2 Å². The molecule has 1 rings (SSSR count). The summed E-state index contributed by atoms with van der Waals surface area (Å²) in [6, 6.07) is 6.03.